The van der Waals surface area contributed by atoms with Crippen LogP contribution >= 0.6 is 11.8 Å². The normalized spacial score (nSPS) is 10.2. The van der Waals surface area contributed by atoms with E-state index in [1.165, 1.54) is 11.8 Å². The van der Waals surface area contributed by atoms with Gasteiger partial charge in [0, 0.05) is 13.0 Å². The molecule has 0 radical (unpaired) electrons. The number of hydrogen-bond donors (Lipinski definition) is 0. The van der Waals surface area contributed by atoms with Gasteiger partial charge in [-0.1, -0.05) is 11.8 Å². The van der Waals surface area contributed by atoms with Gasteiger partial charge in [0.1, 0.15) is 0 Å². The third kappa shape index (κ3) is 5.86. The predicted octanol–water partition coefficient (Wildman–Crippen LogP) is 0.828. The van der Waals surface area contributed by atoms with Crippen molar-refractivity contribution >= 4 is 16.9 Å². The summed E-state index contributed by atoms with van der Waals surface area (Å²) in [6.45, 7) is 0.861. The van der Waals surface area contributed by atoms with Crippen LogP contribution in [0, 0.1) is 0 Å². The van der Waals surface area contributed by atoms with E-state index in [-0.39, 0.29) is 5.12 Å². The first kappa shape index (κ1) is 8.98. The zero-order chi connectivity index (χ0) is 7.28. The summed E-state index contributed by atoms with van der Waals surface area (Å²) in [5.74, 6) is 0. The summed E-state index contributed by atoms with van der Waals surface area (Å²) in [6, 6.07) is 0. The van der Waals surface area contributed by atoms with Crippen molar-refractivity contribution in [3.8, 4) is 0 Å². The van der Waals surface area contributed by atoms with Gasteiger partial charge in [-0.15, -0.1) is 0 Å². The molecule has 0 aromatic carbocycles. The lowest BCUT2D eigenvalue weighted by Gasteiger charge is -2.06. The Balaban J connectivity index is 3.17. The van der Waals surface area contributed by atoms with Gasteiger partial charge in [-0.25, -0.2) is 0 Å². The Hall–Kier alpha value is -0.0200. The third-order valence-electron chi connectivity index (χ3n) is 0.991. The van der Waals surface area contributed by atoms with Crippen molar-refractivity contribution in [2.45, 2.75) is 6.42 Å². The maximum atomic E-state index is 10.7. The molecule has 0 fully saturated rings. The highest BCUT2D eigenvalue weighted by molar-refractivity contribution is 8.13. The van der Waals surface area contributed by atoms with Crippen LogP contribution in [0.1, 0.15) is 6.42 Å². The SMILES string of the molecule is CSC(=O)CCN(C)C. The molecule has 0 amide bonds. The van der Waals surface area contributed by atoms with Crippen LogP contribution in [-0.4, -0.2) is 36.9 Å². The second kappa shape index (κ2) is 4.82. The molecule has 2 nitrogen and oxygen atoms in total. The van der Waals surface area contributed by atoms with Gasteiger partial charge in [0.25, 0.3) is 0 Å². The van der Waals surface area contributed by atoms with Gasteiger partial charge >= 0.3 is 0 Å². The van der Waals surface area contributed by atoms with Gasteiger partial charge in [-0.3, -0.25) is 4.79 Å². The van der Waals surface area contributed by atoms with E-state index in [1.807, 2.05) is 25.3 Å². The van der Waals surface area contributed by atoms with Crippen LogP contribution in [0.5, 0.6) is 0 Å². The van der Waals surface area contributed by atoms with Gasteiger partial charge in [0.05, 0.1) is 0 Å². The fourth-order valence-corrected chi connectivity index (χ4v) is 0.712. The van der Waals surface area contributed by atoms with Crippen molar-refractivity contribution in [2.75, 3.05) is 26.9 Å². The Bertz CT molecular complexity index is 93.1. The molecule has 0 unspecified atom stereocenters. The topological polar surface area (TPSA) is 20.3 Å². The molecule has 0 N–H and O–H groups in total. The second-order valence-electron chi connectivity index (χ2n) is 2.13. The molecule has 3 heteroatoms. The van der Waals surface area contributed by atoms with Gasteiger partial charge < -0.3 is 4.90 Å². The van der Waals surface area contributed by atoms with E-state index in [9.17, 15) is 4.79 Å². The molecule has 0 heterocycles. The fraction of sp³-hybridized carbons (Fsp3) is 0.833. The molecular formula is C6H13NOS. The van der Waals surface area contributed by atoms with E-state index in [0.717, 1.165) is 6.54 Å². The first-order valence-electron chi connectivity index (χ1n) is 2.88. The van der Waals surface area contributed by atoms with E-state index in [1.54, 1.807) is 0 Å². The van der Waals surface area contributed by atoms with Crippen LogP contribution in [0.25, 0.3) is 0 Å². The number of carbonyl (C=O) groups is 1. The van der Waals surface area contributed by atoms with Gasteiger partial charge in [-0.05, 0) is 20.4 Å². The molecular weight excluding hydrogens is 134 g/mol. The van der Waals surface area contributed by atoms with Crippen LogP contribution in [-0.2, 0) is 4.79 Å². The summed E-state index contributed by atoms with van der Waals surface area (Å²) in [6.07, 6.45) is 2.48. The molecule has 0 saturated heterocycles. The summed E-state index contributed by atoms with van der Waals surface area (Å²) in [5.41, 5.74) is 0. The van der Waals surface area contributed by atoms with Gasteiger partial charge in [-0.2, -0.15) is 0 Å². The molecule has 0 rings (SSSR count). The highest BCUT2D eigenvalue weighted by Crippen LogP contribution is 1.98. The Morgan fingerprint density at radius 2 is 2.11 bits per heavy atom. The van der Waals surface area contributed by atoms with Crippen molar-refractivity contribution in [1.82, 2.24) is 4.90 Å². The Morgan fingerprint density at radius 1 is 1.56 bits per heavy atom. The zero-order valence-corrected chi connectivity index (χ0v) is 6.99. The number of rotatable bonds is 3. The van der Waals surface area contributed by atoms with Crippen LogP contribution in [0.4, 0.5) is 0 Å². The highest BCUT2D eigenvalue weighted by Gasteiger charge is 1.97. The number of carbonyl (C=O) groups excluding carboxylic acids is 1. The largest absolute Gasteiger partial charge is 0.309 e. The molecule has 9 heavy (non-hydrogen) atoms. The summed E-state index contributed by atoms with van der Waals surface area (Å²) >= 11 is 1.30. The summed E-state index contributed by atoms with van der Waals surface area (Å²) in [7, 11) is 3.93. The van der Waals surface area contributed by atoms with Crippen molar-refractivity contribution in [3.63, 3.8) is 0 Å². The van der Waals surface area contributed by atoms with Crippen LogP contribution in [0.2, 0.25) is 0 Å². The lowest BCUT2D eigenvalue weighted by atomic mass is 10.4. The van der Waals surface area contributed by atoms with Crippen molar-refractivity contribution in [3.05, 3.63) is 0 Å². The van der Waals surface area contributed by atoms with Crippen molar-refractivity contribution in [2.24, 2.45) is 0 Å². The molecule has 54 valence electrons. The third-order valence-corrected chi connectivity index (χ3v) is 1.65. The first-order chi connectivity index (χ1) is 4.16. The Labute approximate surface area is 60.6 Å². The zero-order valence-electron chi connectivity index (χ0n) is 6.18. The van der Waals surface area contributed by atoms with Crippen molar-refractivity contribution in [1.29, 1.82) is 0 Å². The standard InChI is InChI=1S/C6H13NOS/c1-7(2)5-4-6(8)9-3/h4-5H2,1-3H3. The van der Waals surface area contributed by atoms with E-state index in [2.05, 4.69) is 0 Å². The average Bonchev–Trinajstić information content (AvgIpc) is 1.83. The minimum absolute atomic E-state index is 0.267. The molecule has 0 aliphatic rings. The molecule has 0 aromatic heterocycles. The molecule has 0 saturated carbocycles. The predicted molar refractivity (Wildman–Crippen MR) is 41.7 cm³/mol. The smallest absolute Gasteiger partial charge is 0.189 e. The quantitative estimate of drug-likeness (QED) is 0.589. The molecule has 0 aromatic rings. The Morgan fingerprint density at radius 3 is 2.44 bits per heavy atom. The van der Waals surface area contributed by atoms with E-state index in [0.29, 0.717) is 6.42 Å². The fourth-order valence-electron chi connectivity index (χ4n) is 0.417. The monoisotopic (exact) mass is 147 g/mol. The lowest BCUT2D eigenvalue weighted by molar-refractivity contribution is -0.111. The van der Waals surface area contributed by atoms with Crippen LogP contribution < -0.4 is 0 Å². The highest BCUT2D eigenvalue weighted by atomic mass is 32.2. The number of thioether (sulfide) groups is 1. The second-order valence-corrected chi connectivity index (χ2v) is 2.99. The Kier molecular flexibility index (Phi) is 4.81. The van der Waals surface area contributed by atoms with Gasteiger partial charge in [0.15, 0.2) is 5.12 Å². The molecule has 0 spiro atoms. The molecule has 0 aliphatic carbocycles. The van der Waals surface area contributed by atoms with Crippen LogP contribution in [0.3, 0.4) is 0 Å². The number of hydrogen-bond acceptors (Lipinski definition) is 3. The molecule has 0 bridgehead atoms. The first-order valence-corrected chi connectivity index (χ1v) is 4.11. The van der Waals surface area contributed by atoms with Crippen LogP contribution in [0.15, 0.2) is 0 Å². The molecule has 0 atom stereocenters. The summed E-state index contributed by atoms with van der Waals surface area (Å²) in [5, 5.41) is 0.267. The van der Waals surface area contributed by atoms with Gasteiger partial charge in [0.2, 0.25) is 0 Å². The minimum Gasteiger partial charge on any atom is -0.309 e. The number of nitrogens with zero attached hydrogens (tertiary/aromatic N) is 1. The lowest BCUT2D eigenvalue weighted by Crippen LogP contribution is -2.15. The molecule has 0 aliphatic heterocycles. The maximum absolute atomic E-state index is 10.7. The average molecular weight is 147 g/mol. The van der Waals surface area contributed by atoms with E-state index < -0.39 is 0 Å². The maximum Gasteiger partial charge on any atom is 0.189 e. The van der Waals surface area contributed by atoms with E-state index >= 15 is 0 Å². The van der Waals surface area contributed by atoms with E-state index in [4.69, 9.17) is 0 Å². The summed E-state index contributed by atoms with van der Waals surface area (Å²) in [4.78, 5) is 12.7. The van der Waals surface area contributed by atoms with Crippen molar-refractivity contribution < 1.29 is 4.79 Å². The minimum atomic E-state index is 0.267. The summed E-state index contributed by atoms with van der Waals surface area (Å²) < 4.78 is 0.